The molecule has 0 bridgehead atoms. The number of nitrogens with two attached hydrogens (primary N) is 1. The molecule has 1 aromatic heterocycles. The third-order valence-corrected chi connectivity index (χ3v) is 1.52. The number of aromatic nitrogens is 1. The van der Waals surface area contributed by atoms with Crippen LogP contribution in [0.15, 0.2) is 18.3 Å². The maximum absolute atomic E-state index is 5.08. The topological polar surface area (TPSA) is 63.0 Å². The first kappa shape index (κ1) is 8.89. The number of thiocarbonyl (C=S) groups is 1. The van der Waals surface area contributed by atoms with Crippen molar-refractivity contribution in [2.45, 2.75) is 6.92 Å². The Morgan fingerprint density at radius 1 is 1.58 bits per heavy atom. The minimum absolute atomic E-state index is 0.376. The molecule has 0 saturated heterocycles. The van der Waals surface area contributed by atoms with Gasteiger partial charge in [-0.1, -0.05) is 0 Å². The van der Waals surface area contributed by atoms with Crippen molar-refractivity contribution in [3.8, 4) is 0 Å². The zero-order valence-electron chi connectivity index (χ0n) is 6.66. The highest BCUT2D eigenvalue weighted by molar-refractivity contribution is 7.80. The summed E-state index contributed by atoms with van der Waals surface area (Å²) in [6.45, 7) is 1.92. The Balaban J connectivity index is 2.64. The average molecular weight is 182 g/mol. The number of nitrogens with one attached hydrogen (secondary N) is 2. The van der Waals surface area contributed by atoms with E-state index in [0.29, 0.717) is 5.11 Å². The quantitative estimate of drug-likeness (QED) is 0.336. The molecule has 0 aliphatic rings. The number of aryl methyl sites for hydroxylation is 1. The second kappa shape index (κ2) is 3.99. The van der Waals surface area contributed by atoms with Gasteiger partial charge in [0.05, 0.1) is 11.9 Å². The molecule has 0 amide bonds. The van der Waals surface area contributed by atoms with Gasteiger partial charge in [0.1, 0.15) is 0 Å². The first-order valence-corrected chi connectivity index (χ1v) is 3.83. The lowest BCUT2D eigenvalue weighted by molar-refractivity contribution is 1.04. The van der Waals surface area contributed by atoms with E-state index in [9.17, 15) is 0 Å². The van der Waals surface area contributed by atoms with Crippen LogP contribution in [0.2, 0.25) is 0 Å². The number of hydrazine groups is 1. The zero-order chi connectivity index (χ0) is 8.97. The summed E-state index contributed by atoms with van der Waals surface area (Å²) in [5.74, 6) is 5.08. The second-order valence-corrected chi connectivity index (χ2v) is 2.69. The normalized spacial score (nSPS) is 9.17. The Morgan fingerprint density at radius 3 is 2.83 bits per heavy atom. The lowest BCUT2D eigenvalue weighted by atomic mass is 10.3. The van der Waals surface area contributed by atoms with Crippen LogP contribution in [-0.2, 0) is 0 Å². The fourth-order valence-corrected chi connectivity index (χ4v) is 0.827. The number of hydrogen-bond acceptors (Lipinski definition) is 3. The van der Waals surface area contributed by atoms with Crippen LogP contribution in [-0.4, -0.2) is 10.1 Å². The maximum Gasteiger partial charge on any atom is 0.185 e. The van der Waals surface area contributed by atoms with E-state index in [4.69, 9.17) is 18.1 Å². The Morgan fingerprint density at radius 2 is 2.33 bits per heavy atom. The van der Waals surface area contributed by atoms with Crippen LogP contribution < -0.4 is 16.6 Å². The highest BCUT2D eigenvalue weighted by atomic mass is 32.1. The van der Waals surface area contributed by atoms with Crippen molar-refractivity contribution < 1.29 is 0 Å². The molecule has 0 aliphatic heterocycles. The minimum Gasteiger partial charge on any atom is -0.330 e. The molecule has 0 radical (unpaired) electrons. The molecular formula is C7H10N4S. The summed E-state index contributed by atoms with van der Waals surface area (Å²) in [6.07, 6.45) is 1.69. The van der Waals surface area contributed by atoms with Gasteiger partial charge in [0.25, 0.3) is 0 Å². The molecule has 1 rings (SSSR count). The number of rotatable bonds is 1. The average Bonchev–Trinajstić information content (AvgIpc) is 2.09. The number of pyridine rings is 1. The third-order valence-electron chi connectivity index (χ3n) is 1.30. The Kier molecular flexibility index (Phi) is 2.95. The van der Waals surface area contributed by atoms with Crippen LogP contribution >= 0.6 is 12.2 Å². The lowest BCUT2D eigenvalue weighted by Crippen LogP contribution is -2.34. The van der Waals surface area contributed by atoms with Crippen molar-refractivity contribution in [2.24, 2.45) is 5.84 Å². The molecule has 0 unspecified atom stereocenters. The standard InChI is InChI=1S/C7H10N4S/c1-5-2-3-6(4-9-5)10-7(12)11-8/h2-4H,8H2,1H3,(H2,10,11,12). The van der Waals surface area contributed by atoms with Gasteiger partial charge in [-0.2, -0.15) is 0 Å². The largest absolute Gasteiger partial charge is 0.330 e. The molecule has 12 heavy (non-hydrogen) atoms. The summed E-state index contributed by atoms with van der Waals surface area (Å²) in [7, 11) is 0. The van der Waals surface area contributed by atoms with Crippen LogP contribution in [0.25, 0.3) is 0 Å². The Labute approximate surface area is 76.1 Å². The summed E-state index contributed by atoms with van der Waals surface area (Å²) in [6, 6.07) is 3.77. The van der Waals surface area contributed by atoms with E-state index in [1.165, 1.54) is 0 Å². The summed E-state index contributed by atoms with van der Waals surface area (Å²) in [5.41, 5.74) is 4.11. The lowest BCUT2D eigenvalue weighted by Gasteiger charge is -2.05. The fraction of sp³-hybridized carbons (Fsp3) is 0.143. The van der Waals surface area contributed by atoms with Gasteiger partial charge in [-0.05, 0) is 31.3 Å². The van der Waals surface area contributed by atoms with Crippen LogP contribution in [0.4, 0.5) is 5.69 Å². The highest BCUT2D eigenvalue weighted by Gasteiger charge is 1.93. The van der Waals surface area contributed by atoms with E-state index in [-0.39, 0.29) is 0 Å². The molecule has 5 heteroatoms. The molecular weight excluding hydrogens is 172 g/mol. The predicted molar refractivity (Wildman–Crippen MR) is 52.5 cm³/mol. The Bertz CT molecular complexity index is 269. The highest BCUT2D eigenvalue weighted by Crippen LogP contribution is 2.04. The van der Waals surface area contributed by atoms with Crippen LogP contribution in [0.1, 0.15) is 5.69 Å². The molecule has 0 fully saturated rings. The molecule has 1 aromatic rings. The molecule has 4 N–H and O–H groups in total. The van der Waals surface area contributed by atoms with Gasteiger partial charge in [0, 0.05) is 5.69 Å². The third kappa shape index (κ3) is 2.44. The molecule has 0 spiro atoms. The molecule has 0 aromatic carbocycles. The molecule has 1 heterocycles. The van der Waals surface area contributed by atoms with E-state index < -0.39 is 0 Å². The van der Waals surface area contributed by atoms with Gasteiger partial charge in [-0.25, -0.2) is 5.84 Å². The molecule has 4 nitrogen and oxygen atoms in total. The van der Waals surface area contributed by atoms with Crippen molar-refractivity contribution in [1.82, 2.24) is 10.4 Å². The van der Waals surface area contributed by atoms with Gasteiger partial charge < -0.3 is 10.7 Å². The molecule has 0 saturated carbocycles. The first-order chi connectivity index (χ1) is 5.72. The van der Waals surface area contributed by atoms with E-state index in [0.717, 1.165) is 11.4 Å². The van der Waals surface area contributed by atoms with Crippen molar-refractivity contribution in [3.63, 3.8) is 0 Å². The summed E-state index contributed by atoms with van der Waals surface area (Å²) in [4.78, 5) is 4.08. The monoisotopic (exact) mass is 182 g/mol. The van der Waals surface area contributed by atoms with Crippen molar-refractivity contribution in [2.75, 3.05) is 5.32 Å². The van der Waals surface area contributed by atoms with Gasteiger partial charge in [-0.3, -0.25) is 4.98 Å². The van der Waals surface area contributed by atoms with Crippen molar-refractivity contribution >= 4 is 23.0 Å². The van der Waals surface area contributed by atoms with Gasteiger partial charge in [0.15, 0.2) is 5.11 Å². The maximum atomic E-state index is 5.08. The smallest absolute Gasteiger partial charge is 0.185 e. The van der Waals surface area contributed by atoms with Gasteiger partial charge >= 0.3 is 0 Å². The van der Waals surface area contributed by atoms with Gasteiger partial charge in [-0.15, -0.1) is 0 Å². The number of hydrogen-bond donors (Lipinski definition) is 3. The fourth-order valence-electron chi connectivity index (χ4n) is 0.709. The molecule has 0 atom stereocenters. The van der Waals surface area contributed by atoms with E-state index in [1.54, 1.807) is 6.20 Å². The SMILES string of the molecule is Cc1ccc(NC(=S)NN)cn1. The first-order valence-electron chi connectivity index (χ1n) is 3.42. The molecule has 64 valence electrons. The summed E-state index contributed by atoms with van der Waals surface area (Å²) in [5, 5.41) is 3.23. The number of nitrogens with zero attached hydrogens (tertiary/aromatic N) is 1. The van der Waals surface area contributed by atoms with Crippen LogP contribution in [0.3, 0.4) is 0 Å². The second-order valence-electron chi connectivity index (χ2n) is 2.29. The summed E-state index contributed by atoms with van der Waals surface area (Å²) >= 11 is 4.80. The van der Waals surface area contributed by atoms with E-state index in [2.05, 4.69) is 15.7 Å². The van der Waals surface area contributed by atoms with Crippen molar-refractivity contribution in [1.29, 1.82) is 0 Å². The van der Waals surface area contributed by atoms with Crippen LogP contribution in [0.5, 0.6) is 0 Å². The summed E-state index contributed by atoms with van der Waals surface area (Å²) < 4.78 is 0. The van der Waals surface area contributed by atoms with E-state index in [1.807, 2.05) is 19.1 Å². The number of anilines is 1. The van der Waals surface area contributed by atoms with Crippen LogP contribution in [0, 0.1) is 6.92 Å². The molecule has 0 aliphatic carbocycles. The van der Waals surface area contributed by atoms with Crippen molar-refractivity contribution in [3.05, 3.63) is 24.0 Å². The van der Waals surface area contributed by atoms with E-state index >= 15 is 0 Å². The predicted octanol–water partition coefficient (Wildman–Crippen LogP) is 0.550. The zero-order valence-corrected chi connectivity index (χ0v) is 7.48. The van der Waals surface area contributed by atoms with Gasteiger partial charge in [0.2, 0.25) is 0 Å². The minimum atomic E-state index is 0.376. The Hall–Kier alpha value is -1.20.